The molecule has 0 unspecified atom stereocenters. The first-order valence-electron chi connectivity index (χ1n) is 10.0. The molecule has 32 heavy (non-hydrogen) atoms. The zero-order valence-corrected chi connectivity index (χ0v) is 17.8. The highest BCUT2D eigenvalue weighted by Crippen LogP contribution is 2.46. The van der Waals surface area contributed by atoms with Crippen molar-refractivity contribution >= 4 is 17.5 Å². The van der Waals surface area contributed by atoms with Crippen LogP contribution < -0.4 is 0 Å². The van der Waals surface area contributed by atoms with Gasteiger partial charge in [-0.05, 0) is 53.9 Å². The van der Waals surface area contributed by atoms with E-state index >= 15 is 0 Å². The third kappa shape index (κ3) is 3.27. The predicted molar refractivity (Wildman–Crippen MR) is 119 cm³/mol. The molecule has 0 fully saturated rings. The van der Waals surface area contributed by atoms with Crippen molar-refractivity contribution in [3.8, 4) is 22.8 Å². The summed E-state index contributed by atoms with van der Waals surface area (Å²) in [5.41, 5.74) is 4.16. The highest BCUT2D eigenvalue weighted by molar-refractivity contribution is 6.31. The van der Waals surface area contributed by atoms with Crippen molar-refractivity contribution < 1.29 is 15.0 Å². The molecule has 2 aromatic carbocycles. The molecule has 0 spiro atoms. The lowest BCUT2D eigenvalue weighted by Gasteiger charge is -2.26. The summed E-state index contributed by atoms with van der Waals surface area (Å²) in [5, 5.41) is 28.4. The van der Waals surface area contributed by atoms with Gasteiger partial charge in [0.25, 0.3) is 5.91 Å². The Hall–Kier alpha value is -3.84. The number of hydrogen-bond donors (Lipinski definition) is 3. The molecule has 160 valence electrons. The van der Waals surface area contributed by atoms with Gasteiger partial charge >= 0.3 is 0 Å². The normalized spacial score (nSPS) is 15.2. The highest BCUT2D eigenvalue weighted by atomic mass is 35.5. The number of hydrogen-bond acceptors (Lipinski definition) is 5. The van der Waals surface area contributed by atoms with Crippen LogP contribution in [-0.4, -0.2) is 36.2 Å². The molecule has 1 aliphatic rings. The second-order valence-corrected chi connectivity index (χ2v) is 8.18. The van der Waals surface area contributed by atoms with Gasteiger partial charge in [-0.15, -0.1) is 0 Å². The average molecular weight is 447 g/mol. The van der Waals surface area contributed by atoms with Crippen LogP contribution in [0.1, 0.15) is 38.8 Å². The van der Waals surface area contributed by atoms with Gasteiger partial charge in [0.05, 0.1) is 6.04 Å². The number of fused-ring (bicyclic) bond motifs is 1. The molecule has 4 aromatic rings. The lowest BCUT2D eigenvalue weighted by molar-refractivity contribution is 0.0729. The largest absolute Gasteiger partial charge is 0.508 e. The van der Waals surface area contributed by atoms with Crippen molar-refractivity contribution in [2.45, 2.75) is 19.5 Å². The molecule has 3 N–H and O–H groups in total. The van der Waals surface area contributed by atoms with E-state index in [-0.39, 0.29) is 17.4 Å². The van der Waals surface area contributed by atoms with Crippen molar-refractivity contribution in [3.63, 3.8) is 0 Å². The molecule has 0 saturated heterocycles. The Morgan fingerprint density at radius 1 is 1.16 bits per heavy atom. The van der Waals surface area contributed by atoms with Gasteiger partial charge in [0.1, 0.15) is 22.9 Å². The molecule has 2 aromatic heterocycles. The number of rotatable bonds is 4. The number of benzene rings is 2. The number of nitrogens with zero attached hydrogens (tertiary/aromatic N) is 3. The molecular formula is C24H19ClN4O3. The standard InChI is InChI=1S/C24H19ClN4O3/c1-13-8-19(31)17(10-18(13)25)21-20-22(28-27-21)24(32)29(12-14-4-3-7-26-11-14)23(20)15-5-2-6-16(30)9-15/h2-11,23,30-31H,12H2,1H3,(H,27,28)/t23-/m1/s1. The number of aromatic nitrogens is 3. The molecule has 0 bridgehead atoms. The lowest BCUT2D eigenvalue weighted by Crippen LogP contribution is -2.29. The summed E-state index contributed by atoms with van der Waals surface area (Å²) in [6.45, 7) is 2.12. The Kier molecular flexibility index (Phi) is 4.83. The minimum absolute atomic E-state index is 0.0222. The van der Waals surface area contributed by atoms with Gasteiger partial charge in [-0.25, -0.2) is 0 Å². The molecule has 0 aliphatic carbocycles. The van der Waals surface area contributed by atoms with E-state index in [1.807, 2.05) is 18.2 Å². The van der Waals surface area contributed by atoms with E-state index in [2.05, 4.69) is 15.2 Å². The maximum Gasteiger partial charge on any atom is 0.273 e. The molecular weight excluding hydrogens is 428 g/mol. The zero-order chi connectivity index (χ0) is 22.4. The second kappa shape index (κ2) is 7.69. The van der Waals surface area contributed by atoms with Crippen LogP contribution in [0.5, 0.6) is 11.5 Å². The number of carbonyl (C=O) groups excluding carboxylic acids is 1. The SMILES string of the molecule is Cc1cc(O)c(-c2n[nH]c3c2[C@@H](c2cccc(O)c2)N(Cc2cccnc2)C3=O)cc1Cl. The molecule has 1 aliphatic heterocycles. The lowest BCUT2D eigenvalue weighted by atomic mass is 9.95. The van der Waals surface area contributed by atoms with Crippen molar-refractivity contribution in [1.29, 1.82) is 0 Å². The van der Waals surface area contributed by atoms with Crippen molar-refractivity contribution in [2.24, 2.45) is 0 Å². The Morgan fingerprint density at radius 2 is 2.00 bits per heavy atom. The molecule has 5 rings (SSSR count). The Balaban J connectivity index is 1.69. The Labute approximate surface area is 188 Å². The summed E-state index contributed by atoms with van der Waals surface area (Å²) in [7, 11) is 0. The van der Waals surface area contributed by atoms with Crippen LogP contribution in [0.15, 0.2) is 60.9 Å². The minimum atomic E-state index is -0.530. The second-order valence-electron chi connectivity index (χ2n) is 7.77. The van der Waals surface area contributed by atoms with Crippen LogP contribution in [0.25, 0.3) is 11.3 Å². The van der Waals surface area contributed by atoms with Crippen LogP contribution in [0.4, 0.5) is 0 Å². The monoisotopic (exact) mass is 446 g/mol. The summed E-state index contributed by atoms with van der Waals surface area (Å²) >= 11 is 6.33. The zero-order valence-electron chi connectivity index (χ0n) is 17.1. The van der Waals surface area contributed by atoms with Crippen molar-refractivity contribution in [2.75, 3.05) is 0 Å². The topological polar surface area (TPSA) is 102 Å². The first-order valence-corrected chi connectivity index (χ1v) is 10.4. The van der Waals surface area contributed by atoms with Gasteiger partial charge in [-0.2, -0.15) is 5.10 Å². The highest BCUT2D eigenvalue weighted by Gasteiger charge is 2.42. The molecule has 1 atom stereocenters. The summed E-state index contributed by atoms with van der Waals surface area (Å²) in [4.78, 5) is 19.3. The number of amides is 1. The summed E-state index contributed by atoms with van der Waals surface area (Å²) < 4.78 is 0. The molecule has 0 saturated carbocycles. The quantitative estimate of drug-likeness (QED) is 0.425. The van der Waals surface area contributed by atoms with E-state index in [1.54, 1.807) is 54.5 Å². The molecule has 1 amide bonds. The van der Waals surface area contributed by atoms with Crippen LogP contribution >= 0.6 is 11.6 Å². The Bertz CT molecular complexity index is 1340. The first-order chi connectivity index (χ1) is 15.4. The third-order valence-corrected chi connectivity index (χ3v) is 6.06. The average Bonchev–Trinajstić information content (AvgIpc) is 3.31. The number of aryl methyl sites for hydroxylation is 1. The fraction of sp³-hybridized carbons (Fsp3) is 0.125. The number of carbonyl (C=O) groups is 1. The molecule has 8 heteroatoms. The van der Waals surface area contributed by atoms with E-state index in [9.17, 15) is 15.0 Å². The predicted octanol–water partition coefficient (Wildman–Crippen LogP) is 4.59. The van der Waals surface area contributed by atoms with Gasteiger partial charge < -0.3 is 15.1 Å². The van der Waals surface area contributed by atoms with E-state index in [0.717, 1.165) is 16.7 Å². The van der Waals surface area contributed by atoms with Gasteiger partial charge in [0, 0.05) is 35.1 Å². The van der Waals surface area contributed by atoms with Crippen LogP contribution in [-0.2, 0) is 6.54 Å². The first kappa shape index (κ1) is 20.1. The number of halogens is 1. The number of aromatic amines is 1. The number of pyridine rings is 1. The maximum atomic E-state index is 13.4. The summed E-state index contributed by atoms with van der Waals surface area (Å²) in [6.07, 6.45) is 3.39. The third-order valence-electron chi connectivity index (χ3n) is 5.66. The minimum Gasteiger partial charge on any atom is -0.508 e. The van der Waals surface area contributed by atoms with Crippen LogP contribution in [0.2, 0.25) is 5.02 Å². The fourth-order valence-electron chi connectivity index (χ4n) is 4.15. The molecule has 3 heterocycles. The fourth-order valence-corrected chi connectivity index (χ4v) is 4.31. The number of aromatic hydroxyl groups is 2. The maximum absolute atomic E-state index is 13.4. The summed E-state index contributed by atoms with van der Waals surface area (Å²) in [5.74, 6) is -0.112. The van der Waals surface area contributed by atoms with Gasteiger partial charge in [-0.3, -0.25) is 14.9 Å². The van der Waals surface area contributed by atoms with Gasteiger partial charge in [0.15, 0.2) is 0 Å². The smallest absolute Gasteiger partial charge is 0.273 e. The van der Waals surface area contributed by atoms with E-state index in [4.69, 9.17) is 11.6 Å². The van der Waals surface area contributed by atoms with E-state index in [1.165, 1.54) is 0 Å². The van der Waals surface area contributed by atoms with Crippen LogP contribution in [0.3, 0.4) is 0 Å². The number of phenolic OH excluding ortho intramolecular Hbond substituents is 2. The van der Waals surface area contributed by atoms with Gasteiger partial charge in [0.2, 0.25) is 0 Å². The van der Waals surface area contributed by atoms with E-state index in [0.29, 0.717) is 34.1 Å². The van der Waals surface area contributed by atoms with Crippen molar-refractivity contribution in [1.82, 2.24) is 20.1 Å². The van der Waals surface area contributed by atoms with E-state index < -0.39 is 6.04 Å². The van der Waals surface area contributed by atoms with Crippen molar-refractivity contribution in [3.05, 3.63) is 93.9 Å². The number of phenols is 2. The van der Waals surface area contributed by atoms with Gasteiger partial charge in [-0.1, -0.05) is 29.8 Å². The molecule has 7 nitrogen and oxygen atoms in total. The number of H-pyrrole nitrogens is 1. The molecule has 0 radical (unpaired) electrons. The van der Waals surface area contributed by atoms with Crippen LogP contribution in [0, 0.1) is 6.92 Å². The Morgan fingerprint density at radius 3 is 2.75 bits per heavy atom. The number of nitrogens with one attached hydrogen (secondary N) is 1. The summed E-state index contributed by atoms with van der Waals surface area (Å²) in [6, 6.07) is 13.2.